The highest BCUT2D eigenvalue weighted by atomic mass is 16.6. The number of hydrogen-bond donors (Lipinski definition) is 2. The van der Waals surface area contributed by atoms with E-state index in [0.717, 1.165) is 0 Å². The van der Waals surface area contributed by atoms with E-state index in [4.69, 9.17) is 14.2 Å². The van der Waals surface area contributed by atoms with Gasteiger partial charge in [0.2, 0.25) is 0 Å². The molecule has 0 heterocycles. The van der Waals surface area contributed by atoms with Crippen LogP contribution in [0, 0.1) is 16.7 Å². The number of rotatable bonds is 13. The number of carbonyl (C=O) groups excluding carboxylic acids is 3. The van der Waals surface area contributed by atoms with Crippen LogP contribution in [0.25, 0.3) is 0 Å². The SMILES string of the molecule is CCC(C)N[C@@](Cc1ccc(OC(=O)CC(C)(C)C)c(OC(=O)CC(C)(C)C)c1)(OC(=O)C(C)CC)C(=O)O. The van der Waals surface area contributed by atoms with E-state index in [-0.39, 0.29) is 47.6 Å². The van der Waals surface area contributed by atoms with E-state index >= 15 is 0 Å². The molecule has 0 aliphatic rings. The number of carboxylic acid groups (broad SMARTS) is 1. The van der Waals surface area contributed by atoms with Gasteiger partial charge in [-0.05, 0) is 48.3 Å². The number of carboxylic acids is 1. The van der Waals surface area contributed by atoms with Crippen molar-refractivity contribution in [2.75, 3.05) is 0 Å². The summed E-state index contributed by atoms with van der Waals surface area (Å²) in [5.74, 6) is -3.49. The largest absolute Gasteiger partial charge is 0.477 e. The second-order valence-electron chi connectivity index (χ2n) is 12.7. The highest BCUT2D eigenvalue weighted by molar-refractivity contribution is 5.83. The summed E-state index contributed by atoms with van der Waals surface area (Å²) in [6.07, 6.45) is 1.06. The van der Waals surface area contributed by atoms with Gasteiger partial charge in [-0.25, -0.2) is 4.79 Å². The third-order valence-electron chi connectivity index (χ3n) is 5.99. The molecule has 3 atom stereocenters. The molecule has 0 amide bonds. The van der Waals surface area contributed by atoms with Crippen LogP contribution in [0.15, 0.2) is 18.2 Å². The van der Waals surface area contributed by atoms with Gasteiger partial charge < -0.3 is 19.3 Å². The van der Waals surface area contributed by atoms with Gasteiger partial charge in [0.1, 0.15) is 0 Å². The lowest BCUT2D eigenvalue weighted by Crippen LogP contribution is -2.60. The first-order chi connectivity index (χ1) is 17.8. The number of aliphatic carboxylic acids is 1. The molecule has 0 saturated carbocycles. The smallest absolute Gasteiger partial charge is 0.364 e. The van der Waals surface area contributed by atoms with Crippen molar-refractivity contribution in [3.63, 3.8) is 0 Å². The average molecular weight is 550 g/mol. The summed E-state index contributed by atoms with van der Waals surface area (Å²) in [5, 5.41) is 13.2. The van der Waals surface area contributed by atoms with Crippen LogP contribution in [0.3, 0.4) is 0 Å². The first-order valence-electron chi connectivity index (χ1n) is 13.6. The standard InChI is InChI=1S/C30H47NO8/c1-11-19(3)26(34)39-30(27(35)36,31-20(4)12-2)16-21-13-14-22(37-24(32)17-28(5,6)7)23(15-21)38-25(33)18-29(8,9)10/h13-15,19-20,31H,11-12,16-18H2,1-10H3,(H,35,36)/t19?,20?,30-/m0/s1. The second-order valence-corrected chi connectivity index (χ2v) is 12.7. The third kappa shape index (κ3) is 11.8. The Morgan fingerprint density at radius 1 is 0.846 bits per heavy atom. The van der Waals surface area contributed by atoms with Crippen molar-refractivity contribution >= 4 is 23.9 Å². The predicted octanol–water partition coefficient (Wildman–Crippen LogP) is 5.67. The summed E-state index contributed by atoms with van der Waals surface area (Å²) in [7, 11) is 0. The van der Waals surface area contributed by atoms with Gasteiger partial charge in [0.15, 0.2) is 11.5 Å². The summed E-state index contributed by atoms with van der Waals surface area (Å²) >= 11 is 0. The van der Waals surface area contributed by atoms with Crippen LogP contribution in [0.5, 0.6) is 11.5 Å². The molecule has 0 spiro atoms. The molecule has 1 aromatic rings. The molecule has 220 valence electrons. The number of carbonyl (C=O) groups is 4. The van der Waals surface area contributed by atoms with Gasteiger partial charge >= 0.3 is 23.9 Å². The number of benzene rings is 1. The quantitative estimate of drug-likeness (QED) is 0.182. The zero-order valence-electron chi connectivity index (χ0n) is 25.2. The van der Waals surface area contributed by atoms with Crippen molar-refractivity contribution in [1.29, 1.82) is 0 Å². The predicted molar refractivity (Wildman–Crippen MR) is 148 cm³/mol. The van der Waals surface area contributed by atoms with E-state index in [1.807, 2.05) is 55.4 Å². The maximum Gasteiger partial charge on any atom is 0.364 e. The van der Waals surface area contributed by atoms with Gasteiger partial charge in [-0.3, -0.25) is 19.7 Å². The highest BCUT2D eigenvalue weighted by Gasteiger charge is 2.44. The lowest BCUT2D eigenvalue weighted by molar-refractivity contribution is -0.187. The van der Waals surface area contributed by atoms with Crippen LogP contribution in [-0.2, 0) is 30.3 Å². The van der Waals surface area contributed by atoms with Crippen LogP contribution >= 0.6 is 0 Å². The lowest BCUT2D eigenvalue weighted by Gasteiger charge is -2.34. The minimum atomic E-state index is -2.06. The first-order valence-corrected chi connectivity index (χ1v) is 13.6. The Hall–Kier alpha value is -2.94. The molecule has 1 rings (SSSR count). The molecule has 9 nitrogen and oxygen atoms in total. The van der Waals surface area contributed by atoms with E-state index in [2.05, 4.69) is 5.32 Å². The van der Waals surface area contributed by atoms with Crippen LogP contribution in [0.4, 0.5) is 0 Å². The first kappa shape index (κ1) is 34.1. The zero-order chi connectivity index (χ0) is 30.2. The number of ether oxygens (including phenoxy) is 3. The molecular formula is C30H47NO8. The summed E-state index contributed by atoms with van der Waals surface area (Å²) in [4.78, 5) is 50.6. The normalized spacial score (nSPS) is 15.0. The third-order valence-corrected chi connectivity index (χ3v) is 5.99. The fourth-order valence-corrected chi connectivity index (χ4v) is 3.53. The Labute approximate surface area is 233 Å². The molecule has 39 heavy (non-hydrogen) atoms. The zero-order valence-corrected chi connectivity index (χ0v) is 25.2. The Balaban J connectivity index is 3.53. The molecule has 0 aliphatic carbocycles. The minimum Gasteiger partial charge on any atom is -0.477 e. The Kier molecular flexibility index (Phi) is 12.2. The van der Waals surface area contributed by atoms with Gasteiger partial charge in [0, 0.05) is 12.5 Å². The molecule has 0 aliphatic heterocycles. The highest BCUT2D eigenvalue weighted by Crippen LogP contribution is 2.33. The van der Waals surface area contributed by atoms with Gasteiger partial charge in [0.25, 0.3) is 5.72 Å². The van der Waals surface area contributed by atoms with Crippen molar-refractivity contribution in [2.45, 2.75) is 113 Å². The van der Waals surface area contributed by atoms with E-state index in [0.29, 0.717) is 18.4 Å². The minimum absolute atomic E-state index is 0.0138. The molecule has 1 aromatic carbocycles. The fraction of sp³-hybridized carbons (Fsp3) is 0.667. The number of esters is 3. The van der Waals surface area contributed by atoms with Crippen LogP contribution in [0.2, 0.25) is 0 Å². The lowest BCUT2D eigenvalue weighted by atomic mass is 9.92. The van der Waals surface area contributed by atoms with Crippen molar-refractivity contribution in [3.8, 4) is 11.5 Å². The van der Waals surface area contributed by atoms with E-state index in [9.17, 15) is 24.3 Å². The Morgan fingerprint density at radius 3 is 1.79 bits per heavy atom. The van der Waals surface area contributed by atoms with Gasteiger partial charge in [0.05, 0.1) is 18.8 Å². The van der Waals surface area contributed by atoms with E-state index in [1.54, 1.807) is 19.9 Å². The van der Waals surface area contributed by atoms with Crippen molar-refractivity contribution < 1.29 is 38.5 Å². The van der Waals surface area contributed by atoms with Gasteiger partial charge in [-0.15, -0.1) is 0 Å². The molecule has 0 bridgehead atoms. The van der Waals surface area contributed by atoms with E-state index in [1.165, 1.54) is 12.1 Å². The number of nitrogens with one attached hydrogen (secondary N) is 1. The topological polar surface area (TPSA) is 128 Å². The molecule has 0 aromatic heterocycles. The maximum absolute atomic E-state index is 12.7. The van der Waals surface area contributed by atoms with Crippen LogP contribution in [-0.4, -0.2) is 40.8 Å². The summed E-state index contributed by atoms with van der Waals surface area (Å²) in [6, 6.07) is 4.19. The van der Waals surface area contributed by atoms with Gasteiger partial charge in [-0.2, -0.15) is 0 Å². The summed E-state index contributed by atoms with van der Waals surface area (Å²) < 4.78 is 16.8. The second kappa shape index (κ2) is 13.9. The number of hydrogen-bond acceptors (Lipinski definition) is 8. The molecule has 2 unspecified atom stereocenters. The van der Waals surface area contributed by atoms with Crippen molar-refractivity contribution in [3.05, 3.63) is 23.8 Å². The molecule has 0 saturated heterocycles. The molecule has 9 heteroatoms. The monoisotopic (exact) mass is 549 g/mol. The maximum atomic E-state index is 12.7. The Bertz CT molecular complexity index is 1020. The fourth-order valence-electron chi connectivity index (χ4n) is 3.53. The average Bonchev–Trinajstić information content (AvgIpc) is 2.77. The molecule has 0 fully saturated rings. The molecule has 2 N–H and O–H groups in total. The molecular weight excluding hydrogens is 502 g/mol. The van der Waals surface area contributed by atoms with Crippen LogP contribution < -0.4 is 14.8 Å². The summed E-state index contributed by atoms with van der Waals surface area (Å²) in [6.45, 7) is 18.5. The van der Waals surface area contributed by atoms with Gasteiger partial charge in [-0.1, -0.05) is 68.4 Å². The van der Waals surface area contributed by atoms with Crippen molar-refractivity contribution in [1.82, 2.24) is 5.32 Å². The van der Waals surface area contributed by atoms with E-state index < -0.39 is 35.5 Å². The Morgan fingerprint density at radius 2 is 1.36 bits per heavy atom. The molecule has 0 radical (unpaired) electrons. The van der Waals surface area contributed by atoms with Crippen LogP contribution in [0.1, 0.15) is 100 Å². The summed E-state index contributed by atoms with van der Waals surface area (Å²) in [5.41, 5.74) is -2.32. The van der Waals surface area contributed by atoms with Crippen molar-refractivity contribution in [2.24, 2.45) is 16.7 Å².